The fourth-order valence-corrected chi connectivity index (χ4v) is 1.65. The lowest BCUT2D eigenvalue weighted by molar-refractivity contribution is 0.471. The minimum atomic E-state index is -0.158. The zero-order valence-corrected chi connectivity index (χ0v) is 8.64. The molecule has 0 radical (unpaired) electrons. The summed E-state index contributed by atoms with van der Waals surface area (Å²) in [6, 6.07) is 6.79. The van der Waals surface area contributed by atoms with Gasteiger partial charge < -0.3 is 9.67 Å². The van der Waals surface area contributed by atoms with Crippen molar-refractivity contribution in [3.8, 4) is 11.4 Å². The van der Waals surface area contributed by atoms with E-state index in [-0.39, 0.29) is 11.4 Å². The van der Waals surface area contributed by atoms with Gasteiger partial charge in [0.25, 0.3) is 0 Å². The Labute approximate surface area is 87.0 Å². The van der Waals surface area contributed by atoms with Crippen molar-refractivity contribution in [3.05, 3.63) is 46.6 Å². The van der Waals surface area contributed by atoms with Gasteiger partial charge in [-0.25, -0.2) is 4.79 Å². The van der Waals surface area contributed by atoms with E-state index in [1.54, 1.807) is 37.5 Å². The maximum atomic E-state index is 11.8. The SMILES string of the molecule is Cc1cn(C)c(=O)n1-c1ccccc1O. The molecule has 2 aromatic rings. The molecule has 15 heavy (non-hydrogen) atoms. The van der Waals surface area contributed by atoms with E-state index >= 15 is 0 Å². The maximum absolute atomic E-state index is 11.8. The topological polar surface area (TPSA) is 47.2 Å². The number of para-hydroxylation sites is 2. The second-order valence-electron chi connectivity index (χ2n) is 3.49. The van der Waals surface area contributed by atoms with E-state index < -0.39 is 0 Å². The van der Waals surface area contributed by atoms with Crippen molar-refractivity contribution in [3.63, 3.8) is 0 Å². The summed E-state index contributed by atoms with van der Waals surface area (Å²) in [7, 11) is 1.69. The van der Waals surface area contributed by atoms with Crippen LogP contribution in [0.25, 0.3) is 5.69 Å². The lowest BCUT2D eigenvalue weighted by Crippen LogP contribution is -2.21. The van der Waals surface area contributed by atoms with Crippen LogP contribution in [0.2, 0.25) is 0 Å². The number of aromatic hydroxyl groups is 1. The average Bonchev–Trinajstić information content (AvgIpc) is 2.43. The van der Waals surface area contributed by atoms with Crippen LogP contribution in [0.4, 0.5) is 0 Å². The van der Waals surface area contributed by atoms with Gasteiger partial charge in [0, 0.05) is 18.9 Å². The van der Waals surface area contributed by atoms with E-state index in [0.29, 0.717) is 5.69 Å². The molecule has 78 valence electrons. The lowest BCUT2D eigenvalue weighted by Gasteiger charge is -2.05. The van der Waals surface area contributed by atoms with Gasteiger partial charge in [-0.15, -0.1) is 0 Å². The molecule has 0 unspecified atom stereocenters. The van der Waals surface area contributed by atoms with Gasteiger partial charge in [-0.1, -0.05) is 12.1 Å². The minimum absolute atomic E-state index is 0.105. The normalized spacial score (nSPS) is 10.5. The quantitative estimate of drug-likeness (QED) is 0.758. The zero-order valence-electron chi connectivity index (χ0n) is 8.64. The molecule has 0 saturated heterocycles. The molecule has 1 heterocycles. The average molecular weight is 204 g/mol. The van der Waals surface area contributed by atoms with Gasteiger partial charge in [0.2, 0.25) is 0 Å². The van der Waals surface area contributed by atoms with E-state index in [2.05, 4.69) is 0 Å². The Morgan fingerprint density at radius 3 is 2.47 bits per heavy atom. The van der Waals surface area contributed by atoms with Crippen molar-refractivity contribution < 1.29 is 5.11 Å². The predicted molar refractivity (Wildman–Crippen MR) is 57.4 cm³/mol. The molecule has 2 rings (SSSR count). The Hall–Kier alpha value is -1.97. The number of rotatable bonds is 1. The Kier molecular flexibility index (Phi) is 2.11. The summed E-state index contributed by atoms with van der Waals surface area (Å²) < 4.78 is 2.97. The number of nitrogens with zero attached hydrogens (tertiary/aromatic N) is 2. The van der Waals surface area contributed by atoms with E-state index in [9.17, 15) is 9.90 Å². The number of phenols is 1. The first-order valence-electron chi connectivity index (χ1n) is 4.64. The Bertz CT molecular complexity index is 552. The van der Waals surface area contributed by atoms with Crippen molar-refractivity contribution in [2.45, 2.75) is 6.92 Å². The molecule has 0 fully saturated rings. The van der Waals surface area contributed by atoms with E-state index in [1.165, 1.54) is 9.13 Å². The molecule has 0 amide bonds. The molecule has 0 atom stereocenters. The van der Waals surface area contributed by atoms with Crippen LogP contribution < -0.4 is 5.69 Å². The van der Waals surface area contributed by atoms with Crippen molar-refractivity contribution in [1.82, 2.24) is 9.13 Å². The van der Waals surface area contributed by atoms with Gasteiger partial charge >= 0.3 is 5.69 Å². The van der Waals surface area contributed by atoms with Gasteiger partial charge in [-0.05, 0) is 19.1 Å². The Morgan fingerprint density at radius 2 is 1.93 bits per heavy atom. The largest absolute Gasteiger partial charge is 0.506 e. The third-order valence-corrected chi connectivity index (χ3v) is 2.35. The highest BCUT2D eigenvalue weighted by Crippen LogP contribution is 2.20. The van der Waals surface area contributed by atoms with Crippen LogP contribution in [-0.4, -0.2) is 14.2 Å². The Morgan fingerprint density at radius 1 is 1.27 bits per heavy atom. The predicted octanol–water partition coefficient (Wildman–Crippen LogP) is 1.19. The molecule has 4 heteroatoms. The molecule has 0 bridgehead atoms. The maximum Gasteiger partial charge on any atom is 0.332 e. The van der Waals surface area contributed by atoms with E-state index in [0.717, 1.165) is 5.69 Å². The van der Waals surface area contributed by atoms with Crippen molar-refractivity contribution in [2.24, 2.45) is 7.05 Å². The first-order chi connectivity index (χ1) is 7.11. The molecule has 4 nitrogen and oxygen atoms in total. The second kappa shape index (κ2) is 3.31. The summed E-state index contributed by atoms with van der Waals surface area (Å²) in [6.07, 6.45) is 1.73. The minimum Gasteiger partial charge on any atom is -0.506 e. The number of hydrogen-bond donors (Lipinski definition) is 1. The molecule has 0 spiro atoms. The highest BCUT2D eigenvalue weighted by Gasteiger charge is 2.10. The molecule has 1 N–H and O–H groups in total. The summed E-state index contributed by atoms with van der Waals surface area (Å²) >= 11 is 0. The van der Waals surface area contributed by atoms with Crippen molar-refractivity contribution in [2.75, 3.05) is 0 Å². The van der Waals surface area contributed by atoms with Crippen molar-refractivity contribution in [1.29, 1.82) is 0 Å². The molecule has 0 saturated carbocycles. The van der Waals surface area contributed by atoms with Crippen LogP contribution in [0.5, 0.6) is 5.75 Å². The zero-order chi connectivity index (χ0) is 11.0. The number of aryl methyl sites for hydroxylation is 2. The van der Waals surface area contributed by atoms with Gasteiger partial charge in [-0.2, -0.15) is 0 Å². The number of aromatic nitrogens is 2. The first-order valence-corrected chi connectivity index (χ1v) is 4.64. The highest BCUT2D eigenvalue weighted by molar-refractivity contribution is 5.46. The fourth-order valence-electron chi connectivity index (χ4n) is 1.65. The van der Waals surface area contributed by atoms with E-state index in [1.807, 2.05) is 6.92 Å². The van der Waals surface area contributed by atoms with Gasteiger partial charge in [0.1, 0.15) is 5.75 Å². The van der Waals surface area contributed by atoms with Crippen LogP contribution in [0.1, 0.15) is 5.69 Å². The van der Waals surface area contributed by atoms with Crippen LogP contribution in [0, 0.1) is 6.92 Å². The number of phenolic OH excluding ortho intramolecular Hbond substituents is 1. The summed E-state index contributed by atoms with van der Waals surface area (Å²) in [5, 5.41) is 9.65. The molecule has 0 aliphatic rings. The summed E-state index contributed by atoms with van der Waals surface area (Å²) in [5.74, 6) is 0.105. The van der Waals surface area contributed by atoms with Crippen LogP contribution in [0.15, 0.2) is 35.3 Å². The highest BCUT2D eigenvalue weighted by atomic mass is 16.3. The second-order valence-corrected chi connectivity index (χ2v) is 3.49. The Balaban J connectivity index is 2.75. The molecular formula is C11H12N2O2. The van der Waals surface area contributed by atoms with Crippen molar-refractivity contribution >= 4 is 0 Å². The van der Waals surface area contributed by atoms with Crippen LogP contribution in [0.3, 0.4) is 0 Å². The monoisotopic (exact) mass is 204 g/mol. The van der Waals surface area contributed by atoms with E-state index in [4.69, 9.17) is 0 Å². The molecule has 1 aromatic carbocycles. The number of hydrogen-bond acceptors (Lipinski definition) is 2. The summed E-state index contributed by atoms with van der Waals surface area (Å²) in [4.78, 5) is 11.8. The smallest absolute Gasteiger partial charge is 0.332 e. The van der Waals surface area contributed by atoms with Gasteiger partial charge in [0.05, 0.1) is 5.69 Å². The number of benzene rings is 1. The molecule has 1 aromatic heterocycles. The summed E-state index contributed by atoms with van der Waals surface area (Å²) in [5.41, 5.74) is 1.15. The molecule has 0 aliphatic carbocycles. The third-order valence-electron chi connectivity index (χ3n) is 2.35. The fraction of sp³-hybridized carbons (Fsp3) is 0.182. The van der Waals surface area contributed by atoms with Gasteiger partial charge in [0.15, 0.2) is 0 Å². The first kappa shape index (κ1) is 9.58. The standard InChI is InChI=1S/C11H12N2O2/c1-8-7-12(2)11(15)13(8)9-5-3-4-6-10(9)14/h3-7,14H,1-2H3. The summed E-state index contributed by atoms with van der Waals surface area (Å²) in [6.45, 7) is 1.83. The van der Waals surface area contributed by atoms with Gasteiger partial charge in [-0.3, -0.25) is 4.57 Å². The molecular weight excluding hydrogens is 192 g/mol. The van der Waals surface area contributed by atoms with Crippen LogP contribution in [-0.2, 0) is 7.05 Å². The van der Waals surface area contributed by atoms with Crippen LogP contribution >= 0.6 is 0 Å². The number of imidazole rings is 1. The third kappa shape index (κ3) is 1.44. The lowest BCUT2D eigenvalue weighted by atomic mass is 10.3. The molecule has 0 aliphatic heterocycles.